The van der Waals surface area contributed by atoms with Crippen LogP contribution in [0.3, 0.4) is 0 Å². The van der Waals surface area contributed by atoms with Crippen LogP contribution in [0.15, 0.2) is 18.2 Å². The minimum atomic E-state index is 0.582. The van der Waals surface area contributed by atoms with E-state index in [0.29, 0.717) is 50.8 Å². The lowest BCUT2D eigenvalue weighted by atomic mass is 10.1. The van der Waals surface area contributed by atoms with Gasteiger partial charge < -0.3 is 29.3 Å². The number of hydrogen-bond acceptors (Lipinski definition) is 9. The maximum Gasteiger partial charge on any atom is 0.232 e. The minimum Gasteiger partial charge on any atom is -0.497 e. The van der Waals surface area contributed by atoms with E-state index >= 15 is 0 Å². The molecule has 3 heterocycles. The molecule has 0 amide bonds. The Bertz CT molecular complexity index is 786. The zero-order valence-electron chi connectivity index (χ0n) is 17.1. The monoisotopic (exact) mass is 400 g/mol. The van der Waals surface area contributed by atoms with Crippen LogP contribution in [0.25, 0.3) is 0 Å². The summed E-state index contributed by atoms with van der Waals surface area (Å²) in [7, 11) is 1.68. The molecule has 0 atom stereocenters. The van der Waals surface area contributed by atoms with Gasteiger partial charge in [0.05, 0.1) is 33.5 Å². The van der Waals surface area contributed by atoms with E-state index in [1.54, 1.807) is 7.11 Å². The molecule has 2 saturated heterocycles. The molecule has 0 spiro atoms. The van der Waals surface area contributed by atoms with Crippen molar-refractivity contribution in [1.29, 1.82) is 0 Å². The smallest absolute Gasteiger partial charge is 0.232 e. The van der Waals surface area contributed by atoms with Crippen LogP contribution in [0.5, 0.6) is 5.75 Å². The highest BCUT2D eigenvalue weighted by atomic mass is 16.5. The first-order chi connectivity index (χ1) is 14.2. The number of aromatic nitrogens is 3. The van der Waals surface area contributed by atoms with Gasteiger partial charge in [-0.25, -0.2) is 0 Å². The first-order valence-electron chi connectivity index (χ1n) is 10.0. The lowest BCUT2D eigenvalue weighted by molar-refractivity contribution is 0.121. The van der Waals surface area contributed by atoms with Crippen molar-refractivity contribution in [3.05, 3.63) is 29.3 Å². The Kier molecular flexibility index (Phi) is 6.26. The Morgan fingerprint density at radius 1 is 0.931 bits per heavy atom. The number of anilines is 3. The molecule has 1 aromatic carbocycles. The third-order valence-electron chi connectivity index (χ3n) is 5.19. The third-order valence-corrected chi connectivity index (χ3v) is 5.19. The Hall–Kier alpha value is -2.65. The molecule has 156 valence electrons. The Morgan fingerprint density at radius 2 is 1.52 bits per heavy atom. The van der Waals surface area contributed by atoms with Crippen LogP contribution in [0.1, 0.15) is 11.1 Å². The summed E-state index contributed by atoms with van der Waals surface area (Å²) in [4.78, 5) is 18.4. The highest BCUT2D eigenvalue weighted by Gasteiger charge is 2.20. The molecular formula is C20H28N6O3. The first kappa shape index (κ1) is 19.7. The van der Waals surface area contributed by atoms with Crippen molar-refractivity contribution in [2.45, 2.75) is 13.5 Å². The van der Waals surface area contributed by atoms with Crippen LogP contribution in [-0.2, 0) is 16.0 Å². The molecule has 1 aromatic heterocycles. The molecule has 9 heteroatoms. The van der Waals surface area contributed by atoms with Gasteiger partial charge in [-0.3, -0.25) is 0 Å². The first-order valence-corrected chi connectivity index (χ1v) is 10.0. The van der Waals surface area contributed by atoms with E-state index in [0.717, 1.165) is 37.5 Å². The molecule has 4 rings (SSSR count). The fourth-order valence-corrected chi connectivity index (χ4v) is 3.41. The van der Waals surface area contributed by atoms with Gasteiger partial charge in [0.2, 0.25) is 17.8 Å². The maximum atomic E-state index is 5.47. The van der Waals surface area contributed by atoms with E-state index in [1.165, 1.54) is 5.56 Å². The summed E-state index contributed by atoms with van der Waals surface area (Å²) in [5, 5.41) is 3.38. The number of nitrogens with one attached hydrogen (secondary N) is 1. The summed E-state index contributed by atoms with van der Waals surface area (Å²) < 4.78 is 16.2. The maximum absolute atomic E-state index is 5.47. The van der Waals surface area contributed by atoms with Crippen LogP contribution in [0.4, 0.5) is 17.8 Å². The van der Waals surface area contributed by atoms with Crippen LogP contribution in [0.2, 0.25) is 0 Å². The van der Waals surface area contributed by atoms with Gasteiger partial charge in [-0.05, 0) is 30.2 Å². The Labute approximate surface area is 171 Å². The second-order valence-electron chi connectivity index (χ2n) is 7.10. The molecule has 0 radical (unpaired) electrons. The summed E-state index contributed by atoms with van der Waals surface area (Å²) in [5.74, 6) is 2.83. The molecule has 1 N–H and O–H groups in total. The van der Waals surface area contributed by atoms with Crippen LogP contribution < -0.4 is 19.9 Å². The second-order valence-corrected chi connectivity index (χ2v) is 7.10. The van der Waals surface area contributed by atoms with Gasteiger partial charge in [0, 0.05) is 32.7 Å². The predicted molar refractivity (Wildman–Crippen MR) is 111 cm³/mol. The summed E-state index contributed by atoms with van der Waals surface area (Å²) in [6.45, 7) is 8.58. The van der Waals surface area contributed by atoms with Crippen LogP contribution >= 0.6 is 0 Å². The minimum absolute atomic E-state index is 0.582. The van der Waals surface area contributed by atoms with Gasteiger partial charge in [0.15, 0.2) is 0 Å². The van der Waals surface area contributed by atoms with E-state index in [1.807, 2.05) is 12.1 Å². The van der Waals surface area contributed by atoms with Gasteiger partial charge in [-0.15, -0.1) is 0 Å². The molecule has 2 fully saturated rings. The topological polar surface area (TPSA) is 84.9 Å². The molecular weight excluding hydrogens is 372 g/mol. The van der Waals surface area contributed by atoms with Crippen LogP contribution in [-0.4, -0.2) is 74.7 Å². The molecule has 0 aliphatic carbocycles. The molecule has 2 aliphatic rings. The second kappa shape index (κ2) is 9.23. The van der Waals surface area contributed by atoms with Crippen molar-refractivity contribution >= 4 is 17.8 Å². The van der Waals surface area contributed by atoms with E-state index in [2.05, 4.69) is 38.1 Å². The molecule has 0 unspecified atom stereocenters. The average Bonchev–Trinajstić information content (AvgIpc) is 2.79. The van der Waals surface area contributed by atoms with Crippen molar-refractivity contribution in [1.82, 2.24) is 15.0 Å². The number of morpholine rings is 2. The van der Waals surface area contributed by atoms with E-state index in [4.69, 9.17) is 19.2 Å². The summed E-state index contributed by atoms with van der Waals surface area (Å²) >= 11 is 0. The zero-order valence-corrected chi connectivity index (χ0v) is 17.1. The van der Waals surface area contributed by atoms with Gasteiger partial charge in [-0.1, -0.05) is 6.07 Å². The van der Waals surface area contributed by atoms with Crippen molar-refractivity contribution in [2.75, 3.05) is 74.8 Å². The normalized spacial score (nSPS) is 17.3. The highest BCUT2D eigenvalue weighted by Crippen LogP contribution is 2.21. The van der Waals surface area contributed by atoms with Crippen LogP contribution in [0, 0.1) is 6.92 Å². The number of benzene rings is 1. The highest BCUT2D eigenvalue weighted by molar-refractivity contribution is 5.46. The summed E-state index contributed by atoms with van der Waals surface area (Å²) in [5.41, 5.74) is 2.33. The third kappa shape index (κ3) is 4.86. The molecule has 9 nitrogen and oxygen atoms in total. The number of nitrogens with zero attached hydrogens (tertiary/aromatic N) is 5. The van der Waals surface area contributed by atoms with Gasteiger partial charge >= 0.3 is 0 Å². The van der Waals surface area contributed by atoms with Gasteiger partial charge in [0.25, 0.3) is 0 Å². The fraction of sp³-hybridized carbons (Fsp3) is 0.550. The molecule has 0 saturated carbocycles. The Balaban J connectivity index is 1.55. The van der Waals surface area contributed by atoms with Crippen molar-refractivity contribution < 1.29 is 14.2 Å². The number of methoxy groups -OCH3 is 1. The SMILES string of the molecule is COc1ccc(CNc2nc(N3CCOCC3)nc(N3CCOCC3)n2)c(C)c1. The number of ether oxygens (including phenoxy) is 3. The van der Waals surface area contributed by atoms with Crippen molar-refractivity contribution in [3.8, 4) is 5.75 Å². The molecule has 2 aliphatic heterocycles. The average molecular weight is 400 g/mol. The fourth-order valence-electron chi connectivity index (χ4n) is 3.41. The molecule has 0 bridgehead atoms. The zero-order chi connectivity index (χ0) is 20.1. The lowest BCUT2D eigenvalue weighted by Crippen LogP contribution is -2.40. The van der Waals surface area contributed by atoms with Gasteiger partial charge in [0.1, 0.15) is 5.75 Å². The number of hydrogen-bond donors (Lipinski definition) is 1. The standard InChI is InChI=1S/C20H28N6O3/c1-15-13-17(27-2)4-3-16(15)14-21-18-22-19(25-5-9-28-10-6-25)24-20(23-18)26-7-11-29-12-8-26/h3-4,13H,5-12,14H2,1-2H3,(H,21,22,23,24). The molecule has 2 aromatic rings. The molecule has 29 heavy (non-hydrogen) atoms. The summed E-state index contributed by atoms with van der Waals surface area (Å²) in [6.07, 6.45) is 0. The lowest BCUT2D eigenvalue weighted by Gasteiger charge is -2.30. The van der Waals surface area contributed by atoms with E-state index < -0.39 is 0 Å². The van der Waals surface area contributed by atoms with Crippen molar-refractivity contribution in [3.63, 3.8) is 0 Å². The largest absolute Gasteiger partial charge is 0.497 e. The number of aryl methyl sites for hydroxylation is 1. The van der Waals surface area contributed by atoms with Gasteiger partial charge in [-0.2, -0.15) is 15.0 Å². The van der Waals surface area contributed by atoms with Crippen molar-refractivity contribution in [2.24, 2.45) is 0 Å². The number of rotatable bonds is 6. The Morgan fingerprint density at radius 3 is 2.03 bits per heavy atom. The van der Waals surface area contributed by atoms with E-state index in [9.17, 15) is 0 Å². The quantitative estimate of drug-likeness (QED) is 0.775. The predicted octanol–water partition coefficient (Wildman–Crippen LogP) is 1.47. The summed E-state index contributed by atoms with van der Waals surface area (Å²) in [6, 6.07) is 6.06. The van der Waals surface area contributed by atoms with E-state index in [-0.39, 0.29) is 0 Å².